The van der Waals surface area contributed by atoms with Gasteiger partial charge in [0.2, 0.25) is 0 Å². The summed E-state index contributed by atoms with van der Waals surface area (Å²) in [6.45, 7) is 2.08. The third-order valence-electron chi connectivity index (χ3n) is 3.53. The lowest BCUT2D eigenvalue weighted by molar-refractivity contribution is 0.0923. The third kappa shape index (κ3) is 4.57. The molecule has 0 aliphatic rings. The largest absolute Gasteiger partial charge is 0.486 e. The van der Waals surface area contributed by atoms with Crippen molar-refractivity contribution in [1.82, 2.24) is 5.43 Å². The van der Waals surface area contributed by atoms with E-state index in [1.165, 1.54) is 0 Å². The first-order valence-electron chi connectivity index (χ1n) is 7.89. The van der Waals surface area contributed by atoms with Crippen LogP contribution in [0.2, 0.25) is 0 Å². The van der Waals surface area contributed by atoms with E-state index >= 15 is 0 Å². The van der Waals surface area contributed by atoms with Crippen molar-refractivity contribution in [3.05, 3.63) is 89.9 Å². The Labute approximate surface area is 145 Å². The SMILES string of the molecule is C/C(=N/NC(=O)c1ccc(COc2ccccc2)o1)c1ccccc1. The van der Waals surface area contributed by atoms with E-state index in [2.05, 4.69) is 10.5 Å². The van der Waals surface area contributed by atoms with Crippen LogP contribution in [-0.2, 0) is 6.61 Å². The number of hydrazone groups is 1. The predicted molar refractivity (Wildman–Crippen MR) is 95.6 cm³/mol. The Bertz CT molecular complexity index is 855. The highest BCUT2D eigenvalue weighted by atomic mass is 16.5. The van der Waals surface area contributed by atoms with Crippen molar-refractivity contribution in [3.63, 3.8) is 0 Å². The summed E-state index contributed by atoms with van der Waals surface area (Å²) in [6.07, 6.45) is 0. The van der Waals surface area contributed by atoms with Gasteiger partial charge in [0.25, 0.3) is 0 Å². The normalized spacial score (nSPS) is 11.2. The minimum absolute atomic E-state index is 0.191. The van der Waals surface area contributed by atoms with E-state index in [1.807, 2.05) is 67.6 Å². The fourth-order valence-electron chi connectivity index (χ4n) is 2.18. The molecule has 25 heavy (non-hydrogen) atoms. The summed E-state index contributed by atoms with van der Waals surface area (Å²) < 4.78 is 11.1. The van der Waals surface area contributed by atoms with Gasteiger partial charge < -0.3 is 9.15 Å². The van der Waals surface area contributed by atoms with Gasteiger partial charge in [-0.05, 0) is 36.8 Å². The smallest absolute Gasteiger partial charge is 0.307 e. The van der Waals surface area contributed by atoms with Crippen LogP contribution < -0.4 is 10.2 Å². The molecule has 3 aromatic rings. The van der Waals surface area contributed by atoms with Crippen molar-refractivity contribution >= 4 is 11.6 Å². The van der Waals surface area contributed by atoms with E-state index in [1.54, 1.807) is 12.1 Å². The number of benzene rings is 2. The maximum Gasteiger partial charge on any atom is 0.307 e. The van der Waals surface area contributed by atoms with Crippen molar-refractivity contribution in [2.75, 3.05) is 0 Å². The molecule has 126 valence electrons. The average molecular weight is 334 g/mol. The highest BCUT2D eigenvalue weighted by Gasteiger charge is 2.11. The summed E-state index contributed by atoms with van der Waals surface area (Å²) in [5.74, 6) is 1.10. The van der Waals surface area contributed by atoms with E-state index in [-0.39, 0.29) is 12.4 Å². The number of carbonyl (C=O) groups excluding carboxylic acids is 1. The molecule has 0 aliphatic heterocycles. The van der Waals surface area contributed by atoms with Gasteiger partial charge in [-0.3, -0.25) is 4.79 Å². The van der Waals surface area contributed by atoms with Gasteiger partial charge in [-0.2, -0.15) is 5.10 Å². The maximum absolute atomic E-state index is 12.1. The Morgan fingerprint density at radius 3 is 2.40 bits per heavy atom. The molecule has 5 heteroatoms. The summed E-state index contributed by atoms with van der Waals surface area (Å²) >= 11 is 0. The van der Waals surface area contributed by atoms with E-state index in [4.69, 9.17) is 9.15 Å². The number of furan rings is 1. The van der Waals surface area contributed by atoms with Gasteiger partial charge in [0.05, 0.1) is 5.71 Å². The molecule has 0 radical (unpaired) electrons. The second-order valence-electron chi connectivity index (χ2n) is 5.37. The van der Waals surface area contributed by atoms with Crippen molar-refractivity contribution in [3.8, 4) is 5.75 Å². The van der Waals surface area contributed by atoms with Gasteiger partial charge >= 0.3 is 5.91 Å². The predicted octanol–water partition coefficient (Wildman–Crippen LogP) is 4.01. The molecule has 3 rings (SSSR count). The molecule has 5 nitrogen and oxygen atoms in total. The van der Waals surface area contributed by atoms with Crippen molar-refractivity contribution in [2.45, 2.75) is 13.5 Å². The second-order valence-corrected chi connectivity index (χ2v) is 5.37. The molecule has 0 atom stereocenters. The van der Waals surface area contributed by atoms with E-state index in [0.717, 1.165) is 11.3 Å². The molecule has 1 amide bonds. The van der Waals surface area contributed by atoms with Crippen LogP contribution in [0.25, 0.3) is 0 Å². The topological polar surface area (TPSA) is 63.8 Å². The molecular weight excluding hydrogens is 316 g/mol. The first kappa shape index (κ1) is 16.5. The van der Waals surface area contributed by atoms with Gasteiger partial charge in [-0.25, -0.2) is 5.43 Å². The Morgan fingerprint density at radius 2 is 1.68 bits per heavy atom. The van der Waals surface area contributed by atoms with E-state index in [0.29, 0.717) is 11.5 Å². The van der Waals surface area contributed by atoms with Crippen LogP contribution in [-0.4, -0.2) is 11.6 Å². The van der Waals surface area contributed by atoms with Crippen LogP contribution in [0, 0.1) is 0 Å². The Morgan fingerprint density at radius 1 is 1.00 bits per heavy atom. The van der Waals surface area contributed by atoms with Crippen molar-refractivity contribution < 1.29 is 13.9 Å². The van der Waals surface area contributed by atoms with Gasteiger partial charge in [0.15, 0.2) is 5.76 Å². The molecule has 0 spiro atoms. The quantitative estimate of drug-likeness (QED) is 0.547. The summed E-state index contributed by atoms with van der Waals surface area (Å²) in [4.78, 5) is 12.1. The Balaban J connectivity index is 1.57. The van der Waals surface area contributed by atoms with Crippen LogP contribution in [0.15, 0.2) is 82.3 Å². The highest BCUT2D eigenvalue weighted by molar-refractivity contribution is 6.00. The number of nitrogens with zero attached hydrogens (tertiary/aromatic N) is 1. The number of hydrogen-bond acceptors (Lipinski definition) is 4. The minimum atomic E-state index is -0.402. The molecule has 0 aliphatic carbocycles. The van der Waals surface area contributed by atoms with Crippen LogP contribution in [0.3, 0.4) is 0 Å². The number of amides is 1. The Hall–Kier alpha value is -3.34. The number of nitrogens with one attached hydrogen (secondary N) is 1. The van der Waals surface area contributed by atoms with Crippen LogP contribution >= 0.6 is 0 Å². The molecule has 1 N–H and O–H groups in total. The third-order valence-corrected chi connectivity index (χ3v) is 3.53. The lowest BCUT2D eigenvalue weighted by Gasteiger charge is -2.03. The highest BCUT2D eigenvalue weighted by Crippen LogP contribution is 2.14. The summed E-state index contributed by atoms with van der Waals surface area (Å²) in [7, 11) is 0. The lowest BCUT2D eigenvalue weighted by Crippen LogP contribution is -2.18. The molecule has 1 heterocycles. The second kappa shape index (κ2) is 7.97. The average Bonchev–Trinajstić information content (AvgIpc) is 3.15. The monoisotopic (exact) mass is 334 g/mol. The number of ether oxygens (including phenoxy) is 1. The van der Waals surface area contributed by atoms with E-state index in [9.17, 15) is 4.79 Å². The van der Waals surface area contributed by atoms with Crippen LogP contribution in [0.1, 0.15) is 28.8 Å². The van der Waals surface area contributed by atoms with Gasteiger partial charge in [-0.15, -0.1) is 0 Å². The fraction of sp³-hybridized carbons (Fsp3) is 0.100. The molecule has 0 bridgehead atoms. The van der Waals surface area contributed by atoms with Gasteiger partial charge in [-0.1, -0.05) is 48.5 Å². The fourth-order valence-corrected chi connectivity index (χ4v) is 2.18. The molecule has 0 saturated heterocycles. The molecule has 0 unspecified atom stereocenters. The zero-order valence-corrected chi connectivity index (χ0v) is 13.8. The first-order valence-corrected chi connectivity index (χ1v) is 7.89. The zero-order valence-electron chi connectivity index (χ0n) is 13.8. The number of para-hydroxylation sites is 1. The molecular formula is C20H18N2O3. The standard InChI is InChI=1S/C20H18N2O3/c1-15(16-8-4-2-5-9-16)21-22-20(23)19-13-12-18(25-19)14-24-17-10-6-3-7-11-17/h2-13H,14H2,1H3,(H,22,23)/b21-15-. The number of carbonyl (C=O) groups is 1. The molecule has 0 fully saturated rings. The first-order chi connectivity index (χ1) is 12.2. The summed E-state index contributed by atoms with van der Waals surface area (Å²) in [5.41, 5.74) is 4.16. The number of hydrogen-bond donors (Lipinski definition) is 1. The summed E-state index contributed by atoms with van der Waals surface area (Å²) in [5, 5.41) is 4.10. The van der Waals surface area contributed by atoms with Crippen molar-refractivity contribution in [2.24, 2.45) is 5.10 Å². The Kier molecular flexibility index (Phi) is 5.26. The number of rotatable bonds is 6. The van der Waals surface area contributed by atoms with Crippen LogP contribution in [0.5, 0.6) is 5.75 Å². The summed E-state index contributed by atoms with van der Waals surface area (Å²) in [6, 6.07) is 22.4. The van der Waals surface area contributed by atoms with Crippen LogP contribution in [0.4, 0.5) is 0 Å². The minimum Gasteiger partial charge on any atom is -0.486 e. The van der Waals surface area contributed by atoms with Gasteiger partial charge in [0, 0.05) is 0 Å². The molecule has 1 aromatic heterocycles. The van der Waals surface area contributed by atoms with E-state index < -0.39 is 5.91 Å². The molecule has 0 saturated carbocycles. The van der Waals surface area contributed by atoms with Gasteiger partial charge in [0.1, 0.15) is 18.1 Å². The molecule has 2 aromatic carbocycles. The lowest BCUT2D eigenvalue weighted by atomic mass is 10.1. The zero-order chi connectivity index (χ0) is 17.5. The van der Waals surface area contributed by atoms with Crippen molar-refractivity contribution in [1.29, 1.82) is 0 Å². The maximum atomic E-state index is 12.1.